The molecule has 33 heavy (non-hydrogen) atoms. The second-order valence-corrected chi connectivity index (χ2v) is 8.39. The van der Waals surface area contributed by atoms with Crippen LogP contribution in [0.1, 0.15) is 46.5 Å². The molecule has 1 aliphatic heterocycles. The maximum Gasteiger partial charge on any atom is 0.253 e. The number of rotatable bonds is 5. The van der Waals surface area contributed by atoms with Crippen LogP contribution in [0.15, 0.2) is 71.3 Å². The van der Waals surface area contributed by atoms with Gasteiger partial charge in [-0.15, -0.1) is 0 Å². The van der Waals surface area contributed by atoms with Crippen LogP contribution in [0.5, 0.6) is 0 Å². The SMILES string of the molecule is O=C(c1ccc2nc(Cc3ccccc3F)oc2c1)N1CCC([C@@H](O)c2ccccn2)CC1. The predicted molar refractivity (Wildman–Crippen MR) is 121 cm³/mol. The quantitative estimate of drug-likeness (QED) is 0.488. The van der Waals surface area contributed by atoms with Crippen LogP contribution in [-0.2, 0) is 6.42 Å². The molecule has 2 aromatic carbocycles. The number of amides is 1. The van der Waals surface area contributed by atoms with Gasteiger partial charge >= 0.3 is 0 Å². The number of piperidine rings is 1. The van der Waals surface area contributed by atoms with E-state index in [0.717, 1.165) is 0 Å². The van der Waals surface area contributed by atoms with Crippen LogP contribution in [0.4, 0.5) is 4.39 Å². The van der Waals surface area contributed by atoms with Crippen LogP contribution in [0.3, 0.4) is 0 Å². The largest absolute Gasteiger partial charge is 0.440 e. The van der Waals surface area contributed by atoms with Crippen LogP contribution in [0.25, 0.3) is 11.1 Å². The molecule has 5 rings (SSSR count). The molecule has 2 aromatic heterocycles. The first-order valence-electron chi connectivity index (χ1n) is 11.1. The minimum atomic E-state index is -0.623. The van der Waals surface area contributed by atoms with Gasteiger partial charge in [0.1, 0.15) is 11.3 Å². The first kappa shape index (κ1) is 21.3. The summed E-state index contributed by atoms with van der Waals surface area (Å²) in [5, 5.41) is 10.6. The van der Waals surface area contributed by atoms with Crippen molar-refractivity contribution in [2.45, 2.75) is 25.4 Å². The zero-order valence-electron chi connectivity index (χ0n) is 18.0. The Kier molecular flexibility index (Phi) is 5.88. The molecule has 0 radical (unpaired) electrons. The van der Waals surface area contributed by atoms with E-state index in [1.165, 1.54) is 6.07 Å². The fraction of sp³-hybridized carbons (Fsp3) is 0.269. The van der Waals surface area contributed by atoms with Crippen molar-refractivity contribution in [3.63, 3.8) is 0 Å². The van der Waals surface area contributed by atoms with Gasteiger partial charge in [0.25, 0.3) is 5.91 Å². The van der Waals surface area contributed by atoms with E-state index >= 15 is 0 Å². The van der Waals surface area contributed by atoms with Gasteiger partial charge in [0, 0.05) is 24.8 Å². The van der Waals surface area contributed by atoms with Crippen molar-refractivity contribution in [3.05, 3.63) is 95.4 Å². The Morgan fingerprint density at radius 3 is 2.67 bits per heavy atom. The Labute approximate surface area is 190 Å². The molecule has 1 saturated heterocycles. The van der Waals surface area contributed by atoms with Crippen molar-refractivity contribution < 1.29 is 18.7 Å². The summed E-state index contributed by atoms with van der Waals surface area (Å²) >= 11 is 0. The highest BCUT2D eigenvalue weighted by molar-refractivity contribution is 5.97. The first-order chi connectivity index (χ1) is 16.1. The third-order valence-electron chi connectivity index (χ3n) is 6.24. The highest BCUT2D eigenvalue weighted by Gasteiger charge is 2.29. The number of nitrogens with zero attached hydrogens (tertiary/aromatic N) is 3. The predicted octanol–water partition coefficient (Wildman–Crippen LogP) is 4.54. The minimum Gasteiger partial charge on any atom is -0.440 e. The summed E-state index contributed by atoms with van der Waals surface area (Å²) in [5.74, 6) is 0.104. The lowest BCUT2D eigenvalue weighted by molar-refractivity contribution is 0.0447. The van der Waals surface area contributed by atoms with Crippen molar-refractivity contribution in [3.8, 4) is 0 Å². The van der Waals surface area contributed by atoms with E-state index < -0.39 is 6.10 Å². The van der Waals surface area contributed by atoms with E-state index in [2.05, 4.69) is 9.97 Å². The van der Waals surface area contributed by atoms with Gasteiger partial charge in [-0.25, -0.2) is 9.37 Å². The number of oxazole rings is 1. The van der Waals surface area contributed by atoms with Gasteiger partial charge in [0.05, 0.1) is 18.2 Å². The highest BCUT2D eigenvalue weighted by atomic mass is 19.1. The first-order valence-corrected chi connectivity index (χ1v) is 11.1. The Hall–Kier alpha value is -3.58. The Morgan fingerprint density at radius 2 is 1.91 bits per heavy atom. The van der Waals surface area contributed by atoms with E-state index in [9.17, 15) is 14.3 Å². The maximum atomic E-state index is 13.9. The van der Waals surface area contributed by atoms with Crippen LogP contribution >= 0.6 is 0 Å². The summed E-state index contributed by atoms with van der Waals surface area (Å²) in [6, 6.07) is 17.3. The van der Waals surface area contributed by atoms with Gasteiger partial charge in [-0.2, -0.15) is 0 Å². The smallest absolute Gasteiger partial charge is 0.253 e. The minimum absolute atomic E-state index is 0.0710. The average Bonchev–Trinajstić information content (AvgIpc) is 3.27. The molecule has 6 nitrogen and oxygen atoms in total. The molecule has 168 valence electrons. The topological polar surface area (TPSA) is 79.5 Å². The van der Waals surface area contributed by atoms with Crippen molar-refractivity contribution in [1.29, 1.82) is 0 Å². The van der Waals surface area contributed by atoms with Gasteiger partial charge in [-0.1, -0.05) is 24.3 Å². The molecule has 0 aliphatic carbocycles. The molecule has 1 N–H and O–H groups in total. The number of hydrogen-bond donors (Lipinski definition) is 1. The summed E-state index contributed by atoms with van der Waals surface area (Å²) in [6.07, 6.45) is 2.72. The maximum absolute atomic E-state index is 13.9. The van der Waals surface area contributed by atoms with E-state index in [-0.39, 0.29) is 24.1 Å². The van der Waals surface area contributed by atoms with Crippen molar-refractivity contribution in [1.82, 2.24) is 14.9 Å². The second-order valence-electron chi connectivity index (χ2n) is 8.39. The third-order valence-corrected chi connectivity index (χ3v) is 6.24. The fourth-order valence-corrected chi connectivity index (χ4v) is 4.38. The summed E-state index contributed by atoms with van der Waals surface area (Å²) in [7, 11) is 0. The summed E-state index contributed by atoms with van der Waals surface area (Å²) in [6.45, 7) is 1.14. The Balaban J connectivity index is 1.26. The number of carbonyl (C=O) groups excluding carboxylic acids is 1. The zero-order valence-corrected chi connectivity index (χ0v) is 18.0. The summed E-state index contributed by atoms with van der Waals surface area (Å²) < 4.78 is 19.8. The van der Waals surface area contributed by atoms with Gasteiger partial charge in [0.2, 0.25) is 0 Å². The molecule has 0 spiro atoms. The number of aromatic nitrogens is 2. The molecule has 0 unspecified atom stereocenters. The Morgan fingerprint density at radius 1 is 1.12 bits per heavy atom. The molecule has 1 atom stereocenters. The monoisotopic (exact) mass is 445 g/mol. The molecular weight excluding hydrogens is 421 g/mol. The summed E-state index contributed by atoms with van der Waals surface area (Å²) in [4.78, 5) is 23.6. The lowest BCUT2D eigenvalue weighted by atomic mass is 9.89. The van der Waals surface area contributed by atoms with Crippen molar-refractivity contribution in [2.75, 3.05) is 13.1 Å². The summed E-state index contributed by atoms with van der Waals surface area (Å²) in [5.41, 5.74) is 2.85. The number of aliphatic hydroxyl groups is 1. The molecule has 4 aromatic rings. The van der Waals surface area contributed by atoms with Crippen LogP contribution in [0.2, 0.25) is 0 Å². The van der Waals surface area contributed by atoms with Crippen LogP contribution in [-0.4, -0.2) is 39.0 Å². The molecule has 3 heterocycles. The standard InChI is InChI=1S/C26H24FN3O3/c27-20-6-2-1-5-18(20)16-24-29-21-9-8-19(15-23(21)33-24)26(32)30-13-10-17(11-14-30)25(31)22-7-3-4-12-28-22/h1-9,12,15,17,25,31H,10-11,13-14,16H2/t25-/m1/s1. The van der Waals surface area contributed by atoms with Gasteiger partial charge in [-0.05, 0) is 60.7 Å². The van der Waals surface area contributed by atoms with Crippen molar-refractivity contribution in [2.24, 2.45) is 5.92 Å². The van der Waals surface area contributed by atoms with Gasteiger partial charge in [-0.3, -0.25) is 9.78 Å². The number of pyridine rings is 1. The highest BCUT2D eigenvalue weighted by Crippen LogP contribution is 2.30. The van der Waals surface area contributed by atoms with E-state index in [4.69, 9.17) is 4.42 Å². The molecule has 0 saturated carbocycles. The van der Waals surface area contributed by atoms with Crippen LogP contribution < -0.4 is 0 Å². The number of halogens is 1. The fourth-order valence-electron chi connectivity index (χ4n) is 4.38. The molecule has 0 bridgehead atoms. The molecule has 1 fully saturated rings. The lowest BCUT2D eigenvalue weighted by Crippen LogP contribution is -2.39. The van der Waals surface area contributed by atoms with E-state index in [0.29, 0.717) is 59.7 Å². The molecule has 7 heteroatoms. The molecule has 1 amide bonds. The number of benzene rings is 2. The second kappa shape index (κ2) is 9.11. The number of carbonyl (C=O) groups is 1. The molecular formula is C26H24FN3O3. The third kappa shape index (κ3) is 4.50. The van der Waals surface area contributed by atoms with Crippen LogP contribution in [0, 0.1) is 11.7 Å². The lowest BCUT2D eigenvalue weighted by Gasteiger charge is -2.34. The van der Waals surface area contributed by atoms with E-state index in [1.807, 2.05) is 18.2 Å². The van der Waals surface area contributed by atoms with Crippen molar-refractivity contribution >= 4 is 17.0 Å². The van der Waals surface area contributed by atoms with Gasteiger partial charge < -0.3 is 14.4 Å². The zero-order chi connectivity index (χ0) is 22.8. The average molecular weight is 445 g/mol. The molecule has 1 aliphatic rings. The normalized spacial score (nSPS) is 15.6. The number of aliphatic hydroxyl groups excluding tert-OH is 1. The Bertz CT molecular complexity index is 1270. The number of hydrogen-bond acceptors (Lipinski definition) is 5. The van der Waals surface area contributed by atoms with Gasteiger partial charge in [0.15, 0.2) is 11.5 Å². The number of likely N-dealkylation sites (tertiary alicyclic amines) is 1. The van der Waals surface area contributed by atoms with E-state index in [1.54, 1.807) is 47.5 Å². The number of fused-ring (bicyclic) bond motifs is 1.